The molecular formula is C10H2Ca2O8. The van der Waals surface area contributed by atoms with E-state index in [0.29, 0.717) is 12.1 Å². The monoisotopic (exact) mass is 330 g/mol. The van der Waals surface area contributed by atoms with Gasteiger partial charge in [-0.3, -0.25) is 0 Å². The van der Waals surface area contributed by atoms with Gasteiger partial charge in [0.1, 0.15) is 0 Å². The summed E-state index contributed by atoms with van der Waals surface area (Å²) in [7, 11) is 0. The molecule has 94 valence electrons. The standard InChI is InChI=1S/C10H6O8.2Ca/c11-7(12)3-1-2-4(8(13)14)6(10(17)18)5(3)9(15)16;;/h1-2H,(H,11,12)(H,13,14)(H,15,16)(H,17,18);;/q;2*+2/p-4. The molecule has 20 heavy (non-hydrogen) atoms. The van der Waals surface area contributed by atoms with Crippen LogP contribution in [0.5, 0.6) is 0 Å². The summed E-state index contributed by atoms with van der Waals surface area (Å²) < 4.78 is 0. The molecule has 0 saturated heterocycles. The van der Waals surface area contributed by atoms with Crippen LogP contribution in [0.15, 0.2) is 12.1 Å². The number of benzene rings is 1. The molecule has 0 bridgehead atoms. The Morgan fingerprint density at radius 3 is 1.00 bits per heavy atom. The third-order valence-corrected chi connectivity index (χ3v) is 2.05. The van der Waals surface area contributed by atoms with Crippen molar-refractivity contribution in [3.8, 4) is 0 Å². The molecule has 0 atom stereocenters. The molecule has 0 heterocycles. The molecule has 0 aliphatic heterocycles. The first kappa shape index (κ1) is 21.9. The molecule has 0 amide bonds. The van der Waals surface area contributed by atoms with Crippen LogP contribution in [0.3, 0.4) is 0 Å². The average Bonchev–Trinajstić information content (AvgIpc) is 2.26. The van der Waals surface area contributed by atoms with Gasteiger partial charge in [0.25, 0.3) is 0 Å². The molecule has 1 aromatic carbocycles. The van der Waals surface area contributed by atoms with E-state index >= 15 is 0 Å². The van der Waals surface area contributed by atoms with Gasteiger partial charge in [-0.15, -0.1) is 0 Å². The molecule has 8 nitrogen and oxygen atoms in total. The van der Waals surface area contributed by atoms with Crippen molar-refractivity contribution in [3.63, 3.8) is 0 Å². The van der Waals surface area contributed by atoms with E-state index in [-0.39, 0.29) is 75.5 Å². The van der Waals surface area contributed by atoms with Gasteiger partial charge in [-0.05, 0) is 0 Å². The fraction of sp³-hybridized carbons (Fsp3) is 0. The van der Waals surface area contributed by atoms with Gasteiger partial charge >= 0.3 is 75.5 Å². The van der Waals surface area contributed by atoms with Crippen molar-refractivity contribution in [1.82, 2.24) is 0 Å². The number of carbonyl (C=O) groups excluding carboxylic acids is 4. The van der Waals surface area contributed by atoms with Gasteiger partial charge < -0.3 is 39.6 Å². The van der Waals surface area contributed by atoms with Crippen LogP contribution in [0.4, 0.5) is 0 Å². The molecule has 0 N–H and O–H groups in total. The number of hydrogen-bond donors (Lipinski definition) is 0. The first-order valence-corrected chi connectivity index (χ1v) is 4.29. The fourth-order valence-corrected chi connectivity index (χ4v) is 1.37. The normalized spacial score (nSPS) is 8.80. The van der Waals surface area contributed by atoms with Gasteiger partial charge in [0, 0.05) is 22.3 Å². The SMILES string of the molecule is O=C([O-])c1ccc(C(=O)[O-])c(C(=O)[O-])c1C(=O)[O-].[Ca+2].[Ca+2]. The van der Waals surface area contributed by atoms with E-state index in [2.05, 4.69) is 0 Å². The predicted octanol–water partition coefficient (Wildman–Crippen LogP) is -5.62. The third-order valence-electron chi connectivity index (χ3n) is 2.05. The van der Waals surface area contributed by atoms with E-state index in [9.17, 15) is 39.6 Å². The summed E-state index contributed by atoms with van der Waals surface area (Å²) in [4.78, 5) is 42.6. The molecule has 0 aliphatic rings. The summed E-state index contributed by atoms with van der Waals surface area (Å²) >= 11 is 0. The zero-order valence-corrected chi connectivity index (χ0v) is 14.3. The summed E-state index contributed by atoms with van der Waals surface area (Å²) in [6.07, 6.45) is 0. The zero-order chi connectivity index (χ0) is 14.0. The van der Waals surface area contributed by atoms with Crippen molar-refractivity contribution in [3.05, 3.63) is 34.4 Å². The average molecular weight is 330 g/mol. The summed E-state index contributed by atoms with van der Waals surface area (Å²) in [6, 6.07) is 1.14. The number of hydrogen-bond acceptors (Lipinski definition) is 8. The Morgan fingerprint density at radius 1 is 0.600 bits per heavy atom. The van der Waals surface area contributed by atoms with Crippen molar-refractivity contribution in [2.24, 2.45) is 0 Å². The van der Waals surface area contributed by atoms with Crippen LogP contribution < -0.4 is 20.4 Å². The number of carbonyl (C=O) groups is 4. The summed E-state index contributed by atoms with van der Waals surface area (Å²) in [5.74, 6) is -8.36. The Labute approximate surface area is 171 Å². The first-order chi connectivity index (χ1) is 8.27. The smallest absolute Gasteiger partial charge is 0.545 e. The molecule has 0 spiro atoms. The molecular weight excluding hydrogens is 328 g/mol. The van der Waals surface area contributed by atoms with Crippen LogP contribution in [0.25, 0.3) is 0 Å². The van der Waals surface area contributed by atoms with E-state index in [1.54, 1.807) is 0 Å². The summed E-state index contributed by atoms with van der Waals surface area (Å²) in [5.41, 5.74) is -4.73. The largest absolute Gasteiger partial charge is 2.00 e. The molecule has 1 rings (SSSR count). The molecule has 1 aromatic rings. The van der Waals surface area contributed by atoms with Gasteiger partial charge in [-0.25, -0.2) is 0 Å². The van der Waals surface area contributed by atoms with Crippen LogP contribution in [0.1, 0.15) is 41.4 Å². The van der Waals surface area contributed by atoms with E-state index < -0.39 is 46.1 Å². The van der Waals surface area contributed by atoms with Crippen molar-refractivity contribution in [1.29, 1.82) is 0 Å². The van der Waals surface area contributed by atoms with Crippen molar-refractivity contribution in [2.45, 2.75) is 0 Å². The van der Waals surface area contributed by atoms with Crippen LogP contribution in [0, 0.1) is 0 Å². The predicted molar refractivity (Wildman–Crippen MR) is 55.3 cm³/mol. The molecule has 0 saturated carbocycles. The van der Waals surface area contributed by atoms with Crippen LogP contribution in [-0.4, -0.2) is 99.4 Å². The van der Waals surface area contributed by atoms with Crippen molar-refractivity contribution in [2.75, 3.05) is 0 Å². The van der Waals surface area contributed by atoms with Gasteiger partial charge in [0.15, 0.2) is 0 Å². The minimum Gasteiger partial charge on any atom is -0.545 e. The van der Waals surface area contributed by atoms with Gasteiger partial charge in [-0.2, -0.15) is 0 Å². The van der Waals surface area contributed by atoms with E-state index in [4.69, 9.17) is 0 Å². The van der Waals surface area contributed by atoms with Gasteiger partial charge in [0.2, 0.25) is 0 Å². The third kappa shape index (κ3) is 4.57. The number of carboxylic acid groups (broad SMARTS) is 4. The first-order valence-electron chi connectivity index (χ1n) is 4.29. The maximum atomic E-state index is 10.7. The molecule has 0 radical (unpaired) electrons. The molecule has 0 aromatic heterocycles. The number of rotatable bonds is 4. The Morgan fingerprint density at radius 2 is 0.850 bits per heavy atom. The Hall–Kier alpha value is -0.381. The number of carboxylic acids is 4. The molecule has 0 unspecified atom stereocenters. The van der Waals surface area contributed by atoms with E-state index in [0.717, 1.165) is 0 Å². The number of aromatic carboxylic acids is 4. The van der Waals surface area contributed by atoms with E-state index in [1.165, 1.54) is 0 Å². The van der Waals surface area contributed by atoms with Crippen molar-refractivity contribution >= 4 is 99.4 Å². The minimum absolute atomic E-state index is 0. The van der Waals surface area contributed by atoms with Crippen LogP contribution in [-0.2, 0) is 0 Å². The van der Waals surface area contributed by atoms with Crippen LogP contribution >= 0.6 is 0 Å². The Kier molecular flexibility index (Phi) is 9.65. The second-order valence-corrected chi connectivity index (χ2v) is 3.06. The van der Waals surface area contributed by atoms with Crippen molar-refractivity contribution < 1.29 is 39.6 Å². The summed E-state index contributed by atoms with van der Waals surface area (Å²) in [6.45, 7) is 0. The summed E-state index contributed by atoms with van der Waals surface area (Å²) in [5, 5.41) is 42.6. The fourth-order valence-electron chi connectivity index (χ4n) is 1.37. The topological polar surface area (TPSA) is 161 Å². The maximum absolute atomic E-state index is 10.7. The molecule has 10 heteroatoms. The Bertz CT molecular complexity index is 530. The van der Waals surface area contributed by atoms with Gasteiger partial charge in [0.05, 0.1) is 23.9 Å². The second-order valence-electron chi connectivity index (χ2n) is 3.06. The molecule has 0 aliphatic carbocycles. The zero-order valence-electron chi connectivity index (χ0n) is 9.83. The maximum Gasteiger partial charge on any atom is 2.00 e. The van der Waals surface area contributed by atoms with Crippen LogP contribution in [0.2, 0.25) is 0 Å². The second kappa shape index (κ2) is 8.81. The molecule has 0 fully saturated rings. The quantitative estimate of drug-likeness (QED) is 0.494. The Balaban J connectivity index is 0. The minimum atomic E-state index is -2.18. The van der Waals surface area contributed by atoms with E-state index in [1.807, 2.05) is 0 Å². The van der Waals surface area contributed by atoms with Gasteiger partial charge in [-0.1, -0.05) is 12.1 Å².